The van der Waals surface area contributed by atoms with Gasteiger partial charge in [0, 0.05) is 24.9 Å². The first-order chi connectivity index (χ1) is 15.7. The highest BCUT2D eigenvalue weighted by atomic mass is 16.6. The number of carbonyl (C=O) groups excluding carboxylic acids is 1. The van der Waals surface area contributed by atoms with Gasteiger partial charge in [-0.15, -0.1) is 24.7 Å². The van der Waals surface area contributed by atoms with Crippen molar-refractivity contribution in [1.29, 1.82) is 0 Å². The molecule has 0 aliphatic heterocycles. The molecule has 1 aromatic carbocycles. The van der Waals surface area contributed by atoms with E-state index in [2.05, 4.69) is 17.2 Å². The number of unbranched alkanes of at least 4 members (excludes halogenated alkanes) is 3. The molecule has 1 aromatic rings. The fraction of sp³-hybridized carbons (Fsp3) is 0.538. The van der Waals surface area contributed by atoms with Gasteiger partial charge in [-0.3, -0.25) is 0 Å². The summed E-state index contributed by atoms with van der Waals surface area (Å²) in [4.78, 5) is 23.5. The summed E-state index contributed by atoms with van der Waals surface area (Å²) in [6.45, 7) is 6.55. The highest BCUT2D eigenvalue weighted by Crippen LogP contribution is 2.33. The second-order valence-electron chi connectivity index (χ2n) is 8.45. The van der Waals surface area contributed by atoms with E-state index in [1.165, 1.54) is 12.1 Å². The second kappa shape index (κ2) is 14.7. The number of alkyl carbamates (subject to hydrolysis) is 1. The summed E-state index contributed by atoms with van der Waals surface area (Å²) >= 11 is 0. The molecule has 33 heavy (non-hydrogen) atoms. The SMILES string of the molecule is C#CCCCCOc1cc(C(=O)O)cc(OCCCC#C)c1CCCNC(=O)OC(C)(C)C. The van der Waals surface area contributed by atoms with E-state index >= 15 is 0 Å². The van der Waals surface area contributed by atoms with Crippen molar-refractivity contribution in [2.45, 2.75) is 71.3 Å². The summed E-state index contributed by atoms with van der Waals surface area (Å²) in [6.07, 6.45) is 14.6. The Bertz CT molecular complexity index is 857. The zero-order valence-corrected chi connectivity index (χ0v) is 19.9. The van der Waals surface area contributed by atoms with Crippen LogP contribution in [0.1, 0.15) is 75.2 Å². The van der Waals surface area contributed by atoms with E-state index in [9.17, 15) is 14.7 Å². The maximum absolute atomic E-state index is 11.9. The van der Waals surface area contributed by atoms with Crippen molar-refractivity contribution in [3.63, 3.8) is 0 Å². The van der Waals surface area contributed by atoms with Gasteiger partial charge in [-0.2, -0.15) is 0 Å². The number of rotatable bonds is 14. The van der Waals surface area contributed by atoms with Gasteiger partial charge in [-0.05, 0) is 65.0 Å². The number of terminal acetylenes is 2. The monoisotopic (exact) mass is 457 g/mol. The van der Waals surface area contributed by atoms with E-state index in [0.717, 1.165) is 18.4 Å². The van der Waals surface area contributed by atoms with Crippen molar-refractivity contribution in [3.05, 3.63) is 23.3 Å². The van der Waals surface area contributed by atoms with Crippen LogP contribution in [-0.2, 0) is 11.2 Å². The number of carbonyl (C=O) groups is 2. The highest BCUT2D eigenvalue weighted by molar-refractivity contribution is 5.89. The Morgan fingerprint density at radius 2 is 1.55 bits per heavy atom. The third kappa shape index (κ3) is 11.8. The average molecular weight is 458 g/mol. The molecule has 0 bridgehead atoms. The first-order valence-electron chi connectivity index (χ1n) is 11.2. The van der Waals surface area contributed by atoms with Gasteiger partial charge in [0.05, 0.1) is 18.8 Å². The van der Waals surface area contributed by atoms with Crippen LogP contribution in [0.4, 0.5) is 4.79 Å². The van der Waals surface area contributed by atoms with Gasteiger partial charge in [0.15, 0.2) is 0 Å². The molecular formula is C26H35NO6. The van der Waals surface area contributed by atoms with Crippen LogP contribution in [0.3, 0.4) is 0 Å². The van der Waals surface area contributed by atoms with Crippen LogP contribution in [0.2, 0.25) is 0 Å². The molecule has 7 nitrogen and oxygen atoms in total. The molecule has 180 valence electrons. The molecule has 0 heterocycles. The van der Waals surface area contributed by atoms with Crippen molar-refractivity contribution in [1.82, 2.24) is 5.32 Å². The van der Waals surface area contributed by atoms with Gasteiger partial charge < -0.3 is 24.6 Å². The molecule has 0 saturated heterocycles. The van der Waals surface area contributed by atoms with Crippen LogP contribution in [0.25, 0.3) is 0 Å². The first-order valence-corrected chi connectivity index (χ1v) is 11.2. The average Bonchev–Trinajstić information content (AvgIpc) is 2.73. The van der Waals surface area contributed by atoms with E-state index in [-0.39, 0.29) is 5.56 Å². The number of carboxylic acids is 1. The standard InChI is InChI=1S/C26H35NO6/c1-6-8-10-12-17-32-23-19-20(24(28)29)18-22(31-16-11-9-7-2)21(23)14-13-15-27-25(30)33-26(3,4)5/h1-2,18-19H,8-17H2,3-5H3,(H,27,30)(H,28,29). The summed E-state index contributed by atoms with van der Waals surface area (Å²) in [5, 5.41) is 12.2. The third-order valence-corrected chi connectivity index (χ3v) is 4.38. The topological polar surface area (TPSA) is 94.1 Å². The van der Waals surface area contributed by atoms with Crippen molar-refractivity contribution in [2.24, 2.45) is 0 Å². The quantitative estimate of drug-likeness (QED) is 0.307. The molecule has 0 spiro atoms. The van der Waals surface area contributed by atoms with Crippen LogP contribution < -0.4 is 14.8 Å². The molecular weight excluding hydrogens is 422 g/mol. The number of carboxylic acid groups (broad SMARTS) is 1. The summed E-state index contributed by atoms with van der Waals surface area (Å²) in [6, 6.07) is 3.01. The lowest BCUT2D eigenvalue weighted by molar-refractivity contribution is 0.0526. The predicted molar refractivity (Wildman–Crippen MR) is 128 cm³/mol. The van der Waals surface area contributed by atoms with Crippen LogP contribution in [0.15, 0.2) is 12.1 Å². The van der Waals surface area contributed by atoms with Crippen molar-refractivity contribution >= 4 is 12.1 Å². The van der Waals surface area contributed by atoms with Crippen molar-refractivity contribution < 1.29 is 28.9 Å². The molecule has 2 N–H and O–H groups in total. The smallest absolute Gasteiger partial charge is 0.407 e. The molecule has 0 aliphatic carbocycles. The Morgan fingerprint density at radius 1 is 0.970 bits per heavy atom. The number of nitrogens with one attached hydrogen (secondary N) is 1. The molecule has 0 atom stereocenters. The summed E-state index contributed by atoms with van der Waals surface area (Å²) in [5.74, 6) is 4.98. The van der Waals surface area contributed by atoms with Crippen LogP contribution >= 0.6 is 0 Å². The minimum Gasteiger partial charge on any atom is -0.493 e. The van der Waals surface area contributed by atoms with E-state index in [1.54, 1.807) is 20.8 Å². The number of benzene rings is 1. The Hall–Kier alpha value is -3.32. The van der Waals surface area contributed by atoms with Crippen molar-refractivity contribution in [3.8, 4) is 36.2 Å². The fourth-order valence-electron chi connectivity index (χ4n) is 2.88. The Kier molecular flexibility index (Phi) is 12.3. The Labute approximate surface area is 197 Å². The lowest BCUT2D eigenvalue weighted by Gasteiger charge is -2.20. The largest absolute Gasteiger partial charge is 0.493 e. The van der Waals surface area contributed by atoms with Crippen LogP contribution in [-0.4, -0.2) is 42.5 Å². The lowest BCUT2D eigenvalue weighted by atomic mass is 10.0. The summed E-state index contributed by atoms with van der Waals surface area (Å²) < 4.78 is 17.1. The zero-order valence-electron chi connectivity index (χ0n) is 19.9. The minimum absolute atomic E-state index is 0.0798. The Morgan fingerprint density at radius 3 is 2.09 bits per heavy atom. The maximum Gasteiger partial charge on any atom is 0.407 e. The number of amides is 1. The minimum atomic E-state index is -1.07. The van der Waals surface area contributed by atoms with Crippen molar-refractivity contribution in [2.75, 3.05) is 19.8 Å². The Balaban J connectivity index is 2.96. The van der Waals surface area contributed by atoms with E-state index in [0.29, 0.717) is 63.4 Å². The second-order valence-corrected chi connectivity index (χ2v) is 8.45. The van der Waals surface area contributed by atoms with Crippen LogP contribution in [0.5, 0.6) is 11.5 Å². The predicted octanol–water partition coefficient (Wildman–Crippen LogP) is 4.82. The first kappa shape index (κ1) is 27.7. The van der Waals surface area contributed by atoms with E-state index < -0.39 is 17.7 Å². The molecule has 7 heteroatoms. The van der Waals surface area contributed by atoms with Gasteiger partial charge >= 0.3 is 12.1 Å². The maximum atomic E-state index is 11.9. The molecule has 1 amide bonds. The number of ether oxygens (including phenoxy) is 3. The van der Waals surface area contributed by atoms with Gasteiger partial charge in [0.2, 0.25) is 0 Å². The zero-order chi connectivity index (χ0) is 24.7. The van der Waals surface area contributed by atoms with Gasteiger partial charge in [0.1, 0.15) is 17.1 Å². The fourth-order valence-corrected chi connectivity index (χ4v) is 2.88. The molecule has 0 fully saturated rings. The van der Waals surface area contributed by atoms with E-state index in [4.69, 9.17) is 27.1 Å². The molecule has 0 aromatic heterocycles. The lowest BCUT2D eigenvalue weighted by Crippen LogP contribution is -2.33. The van der Waals surface area contributed by atoms with E-state index in [1.807, 2.05) is 0 Å². The molecule has 0 saturated carbocycles. The van der Waals surface area contributed by atoms with Gasteiger partial charge in [-0.25, -0.2) is 9.59 Å². The molecule has 0 radical (unpaired) electrons. The molecule has 1 rings (SSSR count). The van der Waals surface area contributed by atoms with Gasteiger partial charge in [0.25, 0.3) is 0 Å². The summed E-state index contributed by atoms with van der Waals surface area (Å²) in [7, 11) is 0. The number of hydrogen-bond donors (Lipinski definition) is 2. The normalized spacial score (nSPS) is 10.6. The third-order valence-electron chi connectivity index (χ3n) is 4.38. The van der Waals surface area contributed by atoms with Crippen LogP contribution in [0, 0.1) is 24.7 Å². The highest BCUT2D eigenvalue weighted by Gasteiger charge is 2.18. The number of hydrogen-bond acceptors (Lipinski definition) is 5. The number of aromatic carboxylic acids is 1. The van der Waals surface area contributed by atoms with Gasteiger partial charge in [-0.1, -0.05) is 0 Å². The molecule has 0 unspecified atom stereocenters. The molecule has 0 aliphatic rings. The summed E-state index contributed by atoms with van der Waals surface area (Å²) in [5.41, 5.74) is 0.260.